The molecule has 0 aromatic carbocycles. The van der Waals surface area contributed by atoms with E-state index in [1.165, 1.54) is 15.2 Å². The molecule has 0 spiro atoms. The number of thiophene rings is 1. The van der Waals surface area contributed by atoms with E-state index in [-0.39, 0.29) is 35.8 Å². The van der Waals surface area contributed by atoms with E-state index >= 15 is 0 Å². The molecule has 1 N–H and O–H groups in total. The van der Waals surface area contributed by atoms with Crippen molar-refractivity contribution in [2.24, 2.45) is 5.92 Å². The van der Waals surface area contributed by atoms with E-state index in [0.717, 1.165) is 17.8 Å². The monoisotopic (exact) mass is 519 g/mol. The number of fused-ring (bicyclic) bond motifs is 1. The molecule has 4 heterocycles. The molecule has 1 fully saturated rings. The Bertz CT molecular complexity index is 1360. The molecule has 1 saturated heterocycles. The van der Waals surface area contributed by atoms with E-state index < -0.39 is 15.6 Å². The highest BCUT2D eigenvalue weighted by Crippen LogP contribution is 2.33. The van der Waals surface area contributed by atoms with Gasteiger partial charge in [0.15, 0.2) is 0 Å². The lowest BCUT2D eigenvalue weighted by Crippen LogP contribution is -2.49. The van der Waals surface area contributed by atoms with Crippen molar-refractivity contribution >= 4 is 43.4 Å². The third kappa shape index (κ3) is 5.36. The van der Waals surface area contributed by atoms with Crippen LogP contribution in [-0.2, 0) is 21.4 Å². The van der Waals surface area contributed by atoms with Crippen molar-refractivity contribution in [2.75, 3.05) is 37.6 Å². The zero-order chi connectivity index (χ0) is 25.2. The van der Waals surface area contributed by atoms with Gasteiger partial charge < -0.3 is 10.2 Å². The number of amides is 1. The molecule has 11 nitrogen and oxygen atoms in total. The lowest BCUT2D eigenvalue weighted by atomic mass is 10.1. The van der Waals surface area contributed by atoms with Crippen LogP contribution < -0.4 is 15.8 Å². The van der Waals surface area contributed by atoms with Crippen molar-refractivity contribution in [3.8, 4) is 0 Å². The van der Waals surface area contributed by atoms with Crippen LogP contribution in [0, 0.1) is 12.8 Å². The summed E-state index contributed by atoms with van der Waals surface area (Å²) >= 11 is 1.16. The van der Waals surface area contributed by atoms with Gasteiger partial charge in [-0.05, 0) is 25.3 Å². The zero-order valence-electron chi connectivity index (χ0n) is 20.0. The van der Waals surface area contributed by atoms with Gasteiger partial charge in [0.1, 0.15) is 16.3 Å². The molecule has 188 valence electrons. The van der Waals surface area contributed by atoms with Crippen molar-refractivity contribution in [3.63, 3.8) is 0 Å². The van der Waals surface area contributed by atoms with Crippen LogP contribution in [0.5, 0.6) is 0 Å². The van der Waals surface area contributed by atoms with Gasteiger partial charge in [0.05, 0.1) is 11.7 Å². The van der Waals surface area contributed by atoms with Gasteiger partial charge in [-0.3, -0.25) is 14.2 Å². The molecule has 0 radical (unpaired) electrons. The Morgan fingerprint density at radius 2 is 1.83 bits per heavy atom. The van der Waals surface area contributed by atoms with Crippen molar-refractivity contribution < 1.29 is 13.2 Å². The minimum atomic E-state index is -3.95. The number of rotatable bonds is 8. The van der Waals surface area contributed by atoms with Gasteiger partial charge in [-0.1, -0.05) is 13.8 Å². The maximum atomic E-state index is 13.6. The number of sulfonamides is 1. The Kier molecular flexibility index (Phi) is 7.47. The average Bonchev–Trinajstić information content (AvgIpc) is 3.19. The molecular weight excluding hydrogens is 490 g/mol. The second kappa shape index (κ2) is 10.4. The second-order valence-electron chi connectivity index (χ2n) is 8.82. The third-order valence-electron chi connectivity index (χ3n) is 5.83. The number of nitrogens with zero attached hydrogens (tertiary/aromatic N) is 6. The van der Waals surface area contributed by atoms with Gasteiger partial charge in [0, 0.05) is 50.0 Å². The molecule has 4 rings (SSSR count). The predicted molar refractivity (Wildman–Crippen MR) is 134 cm³/mol. The van der Waals surface area contributed by atoms with E-state index in [1.54, 1.807) is 25.4 Å². The molecule has 0 bridgehead atoms. The van der Waals surface area contributed by atoms with Crippen LogP contribution in [0.25, 0.3) is 10.2 Å². The first-order valence-corrected chi connectivity index (χ1v) is 13.7. The number of aromatic nitrogens is 4. The standard InChI is InChI=1S/C22H29N7O4S2/c1-15(2)5-8-23-17(30)13-28-14-26-20-18(21(28)31)19(16(3)34-20)35(32,33)29-11-9-27(10-12-29)22-24-6-4-7-25-22/h4,6-7,14-15H,5,8-13H2,1-3H3,(H,23,30). The topological polar surface area (TPSA) is 130 Å². The molecule has 1 amide bonds. The maximum absolute atomic E-state index is 13.6. The predicted octanol–water partition coefficient (Wildman–Crippen LogP) is 1.23. The number of hydrogen-bond donors (Lipinski definition) is 1. The Hall–Kier alpha value is -2.90. The molecular formula is C22H29N7O4S2. The van der Waals surface area contributed by atoms with Crippen molar-refractivity contribution in [2.45, 2.75) is 38.6 Å². The average molecular weight is 520 g/mol. The quantitative estimate of drug-likeness (QED) is 0.470. The van der Waals surface area contributed by atoms with Crippen molar-refractivity contribution in [3.05, 3.63) is 40.0 Å². The molecule has 3 aromatic rings. The summed E-state index contributed by atoms with van der Waals surface area (Å²) in [4.78, 5) is 41.1. The van der Waals surface area contributed by atoms with Crippen LogP contribution >= 0.6 is 11.3 Å². The van der Waals surface area contributed by atoms with Crippen molar-refractivity contribution in [1.82, 2.24) is 29.1 Å². The Balaban J connectivity index is 1.57. The SMILES string of the molecule is Cc1sc2ncn(CC(=O)NCCC(C)C)c(=O)c2c1S(=O)(=O)N1CCN(c2ncccn2)CC1. The minimum Gasteiger partial charge on any atom is -0.355 e. The molecule has 1 aliphatic heterocycles. The summed E-state index contributed by atoms with van der Waals surface area (Å²) < 4.78 is 29.8. The number of piperazine rings is 1. The highest BCUT2D eigenvalue weighted by molar-refractivity contribution is 7.89. The van der Waals surface area contributed by atoms with Crippen LogP contribution in [0.1, 0.15) is 25.1 Å². The van der Waals surface area contributed by atoms with E-state index in [1.807, 2.05) is 4.90 Å². The molecule has 3 aromatic heterocycles. The van der Waals surface area contributed by atoms with Crippen LogP contribution in [0.3, 0.4) is 0 Å². The normalized spacial score (nSPS) is 15.1. The van der Waals surface area contributed by atoms with Gasteiger partial charge in [-0.25, -0.2) is 23.4 Å². The summed E-state index contributed by atoms with van der Waals surface area (Å²) in [5.41, 5.74) is -0.534. The van der Waals surface area contributed by atoms with Crippen LogP contribution in [0.2, 0.25) is 0 Å². The number of anilines is 1. The number of aryl methyl sites for hydroxylation is 1. The fourth-order valence-electron chi connectivity index (χ4n) is 3.96. The summed E-state index contributed by atoms with van der Waals surface area (Å²) in [7, 11) is -3.95. The van der Waals surface area contributed by atoms with Crippen molar-refractivity contribution in [1.29, 1.82) is 0 Å². The molecule has 13 heteroatoms. The lowest BCUT2D eigenvalue weighted by molar-refractivity contribution is -0.121. The maximum Gasteiger partial charge on any atom is 0.263 e. The van der Waals surface area contributed by atoms with Crippen LogP contribution in [0.4, 0.5) is 5.95 Å². The van der Waals surface area contributed by atoms with E-state index in [4.69, 9.17) is 0 Å². The molecule has 35 heavy (non-hydrogen) atoms. The van der Waals surface area contributed by atoms with E-state index in [2.05, 4.69) is 34.1 Å². The third-order valence-corrected chi connectivity index (χ3v) is 9.04. The van der Waals surface area contributed by atoms with Gasteiger partial charge in [-0.15, -0.1) is 11.3 Å². The fourth-order valence-corrected chi connectivity index (χ4v) is 7.05. The molecule has 0 aliphatic carbocycles. The molecule has 0 saturated carbocycles. The van der Waals surface area contributed by atoms with E-state index in [9.17, 15) is 18.0 Å². The zero-order valence-corrected chi connectivity index (χ0v) is 21.6. The number of hydrogen-bond acceptors (Lipinski definition) is 9. The number of carbonyl (C=O) groups is 1. The van der Waals surface area contributed by atoms with Gasteiger partial charge in [0.2, 0.25) is 21.9 Å². The minimum absolute atomic E-state index is 0.0195. The molecule has 1 aliphatic rings. The first-order valence-electron chi connectivity index (χ1n) is 11.5. The van der Waals surface area contributed by atoms with E-state index in [0.29, 0.717) is 41.2 Å². The summed E-state index contributed by atoms with van der Waals surface area (Å²) in [5, 5.41) is 2.83. The summed E-state index contributed by atoms with van der Waals surface area (Å²) in [6.45, 7) is 7.44. The number of nitrogens with one attached hydrogen (secondary N) is 1. The fraction of sp³-hybridized carbons (Fsp3) is 0.500. The highest BCUT2D eigenvalue weighted by atomic mass is 32.2. The summed E-state index contributed by atoms with van der Waals surface area (Å²) in [5.74, 6) is 0.685. The molecule has 0 atom stereocenters. The van der Waals surface area contributed by atoms with Gasteiger partial charge >= 0.3 is 0 Å². The second-order valence-corrected chi connectivity index (χ2v) is 11.9. The lowest BCUT2D eigenvalue weighted by Gasteiger charge is -2.33. The van der Waals surface area contributed by atoms with Gasteiger partial charge in [-0.2, -0.15) is 4.31 Å². The number of carbonyl (C=O) groups excluding carboxylic acids is 1. The van der Waals surface area contributed by atoms with Crippen LogP contribution in [-0.4, -0.2) is 70.9 Å². The molecule has 0 unspecified atom stereocenters. The Morgan fingerprint density at radius 3 is 2.49 bits per heavy atom. The Labute approximate surface area is 207 Å². The first kappa shape index (κ1) is 25.2. The first-order chi connectivity index (χ1) is 16.7. The summed E-state index contributed by atoms with van der Waals surface area (Å²) in [6.07, 6.45) is 5.43. The smallest absolute Gasteiger partial charge is 0.263 e. The highest BCUT2D eigenvalue weighted by Gasteiger charge is 2.34. The van der Waals surface area contributed by atoms with Crippen LogP contribution in [0.15, 0.2) is 34.5 Å². The summed E-state index contributed by atoms with van der Waals surface area (Å²) in [6, 6.07) is 1.73. The Morgan fingerprint density at radius 1 is 1.14 bits per heavy atom. The van der Waals surface area contributed by atoms with Gasteiger partial charge in [0.25, 0.3) is 5.56 Å². The largest absolute Gasteiger partial charge is 0.355 e.